The number of fused-ring (bicyclic) bond motifs is 1. The van der Waals surface area contributed by atoms with Gasteiger partial charge in [0.15, 0.2) is 0 Å². The third-order valence-corrected chi connectivity index (χ3v) is 9.55. The number of benzene rings is 1. The normalized spacial score (nSPS) is 13.1. The molecule has 4 aromatic rings. The molecular weight excluding hydrogens is 496 g/mol. The molecule has 1 aliphatic carbocycles. The summed E-state index contributed by atoms with van der Waals surface area (Å²) in [7, 11) is 0. The fourth-order valence-corrected chi connectivity index (χ4v) is 7.41. The first-order chi connectivity index (χ1) is 17.8. The van der Waals surface area contributed by atoms with Gasteiger partial charge < -0.3 is 9.88 Å². The van der Waals surface area contributed by atoms with Gasteiger partial charge in [0.05, 0.1) is 11.1 Å². The highest BCUT2D eigenvalue weighted by atomic mass is 32.1. The highest BCUT2D eigenvalue weighted by Crippen LogP contribution is 2.40. The largest absolute Gasteiger partial charge is 0.322 e. The number of amides is 1. The van der Waals surface area contributed by atoms with Crippen molar-refractivity contribution in [2.45, 2.75) is 60.3 Å². The van der Waals surface area contributed by atoms with Crippen molar-refractivity contribution in [2.75, 3.05) is 5.32 Å². The minimum atomic E-state index is -0.0935. The summed E-state index contributed by atoms with van der Waals surface area (Å²) in [5.41, 5.74) is 8.66. The second kappa shape index (κ2) is 10.1. The SMILES string of the molecule is Cc1ccc(NC(=O)c2c(N=Cc3cc(C)n(-c4sc(C)c(C)c4C#N)c3C)sc3c2CCCC3)cc1. The molecule has 5 rings (SSSR count). The van der Waals surface area contributed by atoms with Crippen molar-refractivity contribution in [3.63, 3.8) is 0 Å². The molecule has 0 atom stereocenters. The van der Waals surface area contributed by atoms with Crippen LogP contribution in [-0.2, 0) is 12.8 Å². The van der Waals surface area contributed by atoms with Gasteiger partial charge in [-0.25, -0.2) is 4.99 Å². The predicted octanol–water partition coefficient (Wildman–Crippen LogP) is 7.90. The number of aromatic nitrogens is 1. The van der Waals surface area contributed by atoms with Gasteiger partial charge in [0.2, 0.25) is 0 Å². The van der Waals surface area contributed by atoms with Crippen LogP contribution in [0.25, 0.3) is 5.00 Å². The van der Waals surface area contributed by atoms with Crippen LogP contribution in [0.2, 0.25) is 0 Å². The van der Waals surface area contributed by atoms with Crippen molar-refractivity contribution in [2.24, 2.45) is 4.99 Å². The van der Waals surface area contributed by atoms with Gasteiger partial charge in [-0.05, 0) is 89.6 Å². The number of aryl methyl sites for hydroxylation is 4. The Hall–Kier alpha value is -3.47. The second-order valence-corrected chi connectivity index (χ2v) is 12.0. The van der Waals surface area contributed by atoms with Crippen LogP contribution in [0.3, 0.4) is 0 Å². The molecule has 7 heteroatoms. The lowest BCUT2D eigenvalue weighted by Gasteiger charge is -2.13. The van der Waals surface area contributed by atoms with Gasteiger partial charge in [0.25, 0.3) is 5.91 Å². The monoisotopic (exact) mass is 526 g/mol. The highest BCUT2D eigenvalue weighted by molar-refractivity contribution is 7.16. The Kier molecular flexibility index (Phi) is 6.89. The molecule has 3 heterocycles. The van der Waals surface area contributed by atoms with E-state index in [1.54, 1.807) is 22.7 Å². The van der Waals surface area contributed by atoms with E-state index in [-0.39, 0.29) is 5.91 Å². The number of carbonyl (C=O) groups is 1. The fourth-order valence-electron chi connectivity index (χ4n) is 4.96. The van der Waals surface area contributed by atoms with Crippen LogP contribution in [0.1, 0.15) is 72.2 Å². The summed E-state index contributed by atoms with van der Waals surface area (Å²) in [6.07, 6.45) is 6.04. The van der Waals surface area contributed by atoms with Crippen LogP contribution in [0.4, 0.5) is 10.7 Å². The molecule has 1 aromatic carbocycles. The van der Waals surface area contributed by atoms with E-state index < -0.39 is 0 Å². The van der Waals surface area contributed by atoms with Gasteiger partial charge in [-0.3, -0.25) is 4.79 Å². The fraction of sp³-hybridized carbons (Fsp3) is 0.300. The average Bonchev–Trinajstić information content (AvgIpc) is 3.49. The quantitative estimate of drug-likeness (QED) is 0.269. The van der Waals surface area contributed by atoms with E-state index in [1.807, 2.05) is 44.3 Å². The van der Waals surface area contributed by atoms with Crippen LogP contribution >= 0.6 is 22.7 Å². The molecule has 37 heavy (non-hydrogen) atoms. The molecule has 3 aromatic heterocycles. The first-order valence-corrected chi connectivity index (χ1v) is 14.2. The van der Waals surface area contributed by atoms with Crippen molar-refractivity contribution in [1.82, 2.24) is 4.57 Å². The molecule has 0 saturated carbocycles. The third kappa shape index (κ3) is 4.68. The number of nitrogens with zero attached hydrogens (tertiary/aromatic N) is 3. The Morgan fingerprint density at radius 2 is 1.81 bits per heavy atom. The van der Waals surface area contributed by atoms with E-state index in [9.17, 15) is 10.1 Å². The third-order valence-electron chi connectivity index (χ3n) is 7.16. The van der Waals surface area contributed by atoms with Crippen molar-refractivity contribution < 1.29 is 4.79 Å². The smallest absolute Gasteiger partial charge is 0.259 e. The Morgan fingerprint density at radius 3 is 2.54 bits per heavy atom. The summed E-state index contributed by atoms with van der Waals surface area (Å²) >= 11 is 3.29. The first kappa shape index (κ1) is 25.2. The Labute approximate surface area is 226 Å². The summed E-state index contributed by atoms with van der Waals surface area (Å²) in [5.74, 6) is -0.0935. The van der Waals surface area contributed by atoms with Crippen LogP contribution in [-0.4, -0.2) is 16.7 Å². The van der Waals surface area contributed by atoms with Gasteiger partial charge in [0.1, 0.15) is 16.1 Å². The maximum absolute atomic E-state index is 13.5. The molecule has 0 fully saturated rings. The lowest BCUT2D eigenvalue weighted by Crippen LogP contribution is -2.14. The zero-order valence-electron chi connectivity index (χ0n) is 21.9. The van der Waals surface area contributed by atoms with Crippen molar-refractivity contribution in [3.05, 3.63) is 84.9 Å². The van der Waals surface area contributed by atoms with Gasteiger partial charge in [-0.2, -0.15) is 5.26 Å². The molecule has 0 aliphatic heterocycles. The molecule has 1 aliphatic rings. The topological polar surface area (TPSA) is 70.2 Å². The predicted molar refractivity (Wildman–Crippen MR) is 155 cm³/mol. The maximum Gasteiger partial charge on any atom is 0.259 e. The Bertz CT molecular complexity index is 1580. The molecule has 1 N–H and O–H groups in total. The van der Waals surface area contributed by atoms with Crippen molar-refractivity contribution in [1.29, 1.82) is 5.26 Å². The summed E-state index contributed by atoms with van der Waals surface area (Å²) < 4.78 is 2.15. The standard InChI is InChI=1S/C30H30N4OS2/c1-17-10-12-23(13-11-17)33-28(35)27-24-8-6-7-9-26(24)37-29(27)32-16-22-14-18(2)34(20(22)4)30-25(15-31)19(3)21(5)36-30/h10-14,16H,6-9H2,1-5H3,(H,33,35). The second-order valence-electron chi connectivity index (χ2n) is 9.71. The number of hydrogen-bond donors (Lipinski definition) is 1. The molecule has 0 radical (unpaired) electrons. The van der Waals surface area contributed by atoms with E-state index in [1.165, 1.54) is 4.88 Å². The molecular formula is C30H30N4OS2. The van der Waals surface area contributed by atoms with E-state index in [4.69, 9.17) is 4.99 Å². The van der Waals surface area contributed by atoms with E-state index >= 15 is 0 Å². The van der Waals surface area contributed by atoms with Gasteiger partial charge in [0, 0.05) is 38.6 Å². The molecule has 5 nitrogen and oxygen atoms in total. The molecule has 1 amide bonds. The maximum atomic E-state index is 13.5. The summed E-state index contributed by atoms with van der Waals surface area (Å²) in [6.45, 7) is 10.2. The van der Waals surface area contributed by atoms with Crippen LogP contribution in [0.15, 0.2) is 35.3 Å². The van der Waals surface area contributed by atoms with E-state index in [2.05, 4.69) is 42.8 Å². The van der Waals surface area contributed by atoms with Gasteiger partial charge in [-0.15, -0.1) is 22.7 Å². The minimum absolute atomic E-state index is 0.0935. The molecule has 0 unspecified atom stereocenters. The van der Waals surface area contributed by atoms with Gasteiger partial charge >= 0.3 is 0 Å². The number of hydrogen-bond acceptors (Lipinski definition) is 5. The molecule has 0 saturated heterocycles. The number of carbonyl (C=O) groups excluding carboxylic acids is 1. The lowest BCUT2D eigenvalue weighted by atomic mass is 9.95. The zero-order valence-corrected chi connectivity index (χ0v) is 23.5. The van der Waals surface area contributed by atoms with E-state index in [0.29, 0.717) is 5.56 Å². The first-order valence-electron chi connectivity index (χ1n) is 12.5. The summed E-state index contributed by atoms with van der Waals surface area (Å²) in [4.78, 5) is 20.8. The minimum Gasteiger partial charge on any atom is -0.322 e. The Balaban J connectivity index is 1.52. The average molecular weight is 527 g/mol. The molecule has 0 bridgehead atoms. The highest BCUT2D eigenvalue weighted by Gasteiger charge is 2.25. The lowest BCUT2D eigenvalue weighted by molar-refractivity contribution is 0.102. The number of nitrogens with one attached hydrogen (secondary N) is 1. The van der Waals surface area contributed by atoms with Crippen LogP contribution in [0.5, 0.6) is 0 Å². The van der Waals surface area contributed by atoms with Crippen LogP contribution < -0.4 is 5.32 Å². The zero-order chi connectivity index (χ0) is 26.3. The number of anilines is 1. The van der Waals surface area contributed by atoms with Crippen LogP contribution in [0, 0.1) is 45.9 Å². The number of thiophene rings is 2. The van der Waals surface area contributed by atoms with Gasteiger partial charge in [-0.1, -0.05) is 17.7 Å². The molecule has 0 spiro atoms. The summed E-state index contributed by atoms with van der Waals surface area (Å²) in [5, 5.41) is 14.6. The summed E-state index contributed by atoms with van der Waals surface area (Å²) in [6, 6.07) is 12.4. The number of rotatable bonds is 5. The van der Waals surface area contributed by atoms with E-state index in [0.717, 1.165) is 85.5 Å². The van der Waals surface area contributed by atoms with Crippen molar-refractivity contribution in [3.8, 4) is 11.1 Å². The van der Waals surface area contributed by atoms with Crippen molar-refractivity contribution >= 4 is 45.5 Å². The number of aliphatic imine (C=N–C) groups is 1. The molecule has 188 valence electrons. The number of nitriles is 1. The Morgan fingerprint density at radius 1 is 1.08 bits per heavy atom.